The van der Waals surface area contributed by atoms with E-state index in [2.05, 4.69) is 24.1 Å². The van der Waals surface area contributed by atoms with Crippen molar-refractivity contribution in [1.82, 2.24) is 10.2 Å². The van der Waals surface area contributed by atoms with Gasteiger partial charge in [0.2, 0.25) is 0 Å². The van der Waals surface area contributed by atoms with Crippen molar-refractivity contribution in [3.05, 3.63) is 0 Å². The largest absolute Gasteiger partial charge is 0.311 e. The van der Waals surface area contributed by atoms with Gasteiger partial charge in [-0.2, -0.15) is 0 Å². The quantitative estimate of drug-likeness (QED) is 0.837. The molecule has 2 unspecified atom stereocenters. The fourth-order valence-corrected chi connectivity index (χ4v) is 4.19. The summed E-state index contributed by atoms with van der Waals surface area (Å²) in [4.78, 5) is 2.73. The molecule has 110 valence electrons. The Kier molecular flexibility index (Phi) is 4.48. The average Bonchev–Trinajstić information content (AvgIpc) is 3.24. The van der Waals surface area contributed by atoms with Crippen molar-refractivity contribution in [3.8, 4) is 0 Å². The van der Waals surface area contributed by atoms with E-state index in [1.165, 1.54) is 64.5 Å². The molecular weight excluding hydrogens is 232 g/mol. The normalized spacial score (nSPS) is 34.9. The summed E-state index contributed by atoms with van der Waals surface area (Å²) < 4.78 is 0. The number of nitrogens with one attached hydrogen (secondary N) is 1. The van der Waals surface area contributed by atoms with Gasteiger partial charge in [0.05, 0.1) is 0 Å². The van der Waals surface area contributed by atoms with Crippen LogP contribution in [0.2, 0.25) is 0 Å². The molecule has 0 spiro atoms. The predicted molar refractivity (Wildman–Crippen MR) is 81.3 cm³/mol. The molecule has 0 radical (unpaired) electrons. The Balaban J connectivity index is 1.41. The molecule has 3 fully saturated rings. The second-order valence-electron chi connectivity index (χ2n) is 7.58. The van der Waals surface area contributed by atoms with Gasteiger partial charge in [0.15, 0.2) is 0 Å². The molecule has 1 N–H and O–H groups in total. The molecule has 19 heavy (non-hydrogen) atoms. The maximum atomic E-state index is 4.00. The highest BCUT2D eigenvalue weighted by molar-refractivity contribution is 4.90. The van der Waals surface area contributed by atoms with E-state index in [9.17, 15) is 0 Å². The smallest absolute Gasteiger partial charge is 0.00964 e. The predicted octanol–water partition coefficient (Wildman–Crippen LogP) is 3.42. The standard InChI is InChI=1S/C17H32N2/c1-13(2)14-4-3-5-16(12-14)18-15-8-10-19(11-9-15)17-6-7-17/h13-18H,3-12H2,1-2H3. The van der Waals surface area contributed by atoms with Gasteiger partial charge in [-0.25, -0.2) is 0 Å². The molecule has 2 nitrogen and oxygen atoms in total. The molecule has 0 aromatic rings. The zero-order valence-electron chi connectivity index (χ0n) is 12.9. The van der Waals surface area contributed by atoms with Gasteiger partial charge in [0.1, 0.15) is 0 Å². The van der Waals surface area contributed by atoms with Gasteiger partial charge in [-0.1, -0.05) is 26.7 Å². The Morgan fingerprint density at radius 2 is 1.63 bits per heavy atom. The van der Waals surface area contributed by atoms with Crippen LogP contribution < -0.4 is 5.32 Å². The number of rotatable bonds is 4. The third-order valence-corrected chi connectivity index (χ3v) is 5.72. The van der Waals surface area contributed by atoms with Crippen LogP contribution in [0.5, 0.6) is 0 Å². The minimum atomic E-state index is 0.811. The van der Waals surface area contributed by atoms with E-state index in [1.807, 2.05) is 0 Å². The van der Waals surface area contributed by atoms with E-state index in [0.717, 1.165) is 30.0 Å². The molecule has 3 aliphatic rings. The van der Waals surface area contributed by atoms with Crippen LogP contribution in [0.4, 0.5) is 0 Å². The molecule has 1 heterocycles. The summed E-state index contributed by atoms with van der Waals surface area (Å²) in [7, 11) is 0. The average molecular weight is 264 g/mol. The molecule has 1 saturated heterocycles. The molecule has 1 aliphatic heterocycles. The van der Waals surface area contributed by atoms with Crippen LogP contribution >= 0.6 is 0 Å². The zero-order chi connectivity index (χ0) is 13.2. The summed E-state index contributed by atoms with van der Waals surface area (Å²) in [6.45, 7) is 7.51. The van der Waals surface area contributed by atoms with Gasteiger partial charge in [-0.05, 0) is 63.5 Å². The lowest BCUT2D eigenvalue weighted by Crippen LogP contribution is -2.48. The first-order chi connectivity index (χ1) is 9.22. The Labute approximate surface area is 119 Å². The van der Waals surface area contributed by atoms with E-state index in [0.29, 0.717) is 0 Å². The van der Waals surface area contributed by atoms with E-state index in [4.69, 9.17) is 0 Å². The van der Waals surface area contributed by atoms with Crippen molar-refractivity contribution in [1.29, 1.82) is 0 Å². The van der Waals surface area contributed by atoms with Crippen LogP contribution in [-0.4, -0.2) is 36.1 Å². The van der Waals surface area contributed by atoms with Crippen LogP contribution in [-0.2, 0) is 0 Å². The van der Waals surface area contributed by atoms with Crippen LogP contribution in [0.1, 0.15) is 65.2 Å². The number of hydrogen-bond acceptors (Lipinski definition) is 2. The fourth-order valence-electron chi connectivity index (χ4n) is 4.19. The first kappa shape index (κ1) is 13.9. The lowest BCUT2D eigenvalue weighted by atomic mass is 9.79. The Morgan fingerprint density at radius 3 is 2.26 bits per heavy atom. The van der Waals surface area contributed by atoms with Crippen molar-refractivity contribution in [3.63, 3.8) is 0 Å². The Bertz CT molecular complexity index is 277. The molecule has 2 saturated carbocycles. The van der Waals surface area contributed by atoms with Crippen molar-refractivity contribution in [2.75, 3.05) is 13.1 Å². The number of likely N-dealkylation sites (tertiary alicyclic amines) is 1. The van der Waals surface area contributed by atoms with Crippen LogP contribution in [0.25, 0.3) is 0 Å². The minimum Gasteiger partial charge on any atom is -0.311 e. The summed E-state index contributed by atoms with van der Waals surface area (Å²) in [5.74, 6) is 1.85. The van der Waals surface area contributed by atoms with Crippen molar-refractivity contribution >= 4 is 0 Å². The first-order valence-electron chi connectivity index (χ1n) is 8.72. The third-order valence-electron chi connectivity index (χ3n) is 5.72. The van der Waals surface area contributed by atoms with E-state index in [-0.39, 0.29) is 0 Å². The SMILES string of the molecule is CC(C)C1CCCC(NC2CCN(C3CC3)CC2)C1. The topological polar surface area (TPSA) is 15.3 Å². The maximum absolute atomic E-state index is 4.00. The fraction of sp³-hybridized carbons (Fsp3) is 1.00. The summed E-state index contributed by atoms with van der Waals surface area (Å²) in [5, 5.41) is 4.00. The minimum absolute atomic E-state index is 0.811. The number of piperidine rings is 1. The van der Waals surface area contributed by atoms with Gasteiger partial charge in [-0.15, -0.1) is 0 Å². The number of nitrogens with zero attached hydrogens (tertiary/aromatic N) is 1. The van der Waals surface area contributed by atoms with Crippen LogP contribution in [0.15, 0.2) is 0 Å². The second kappa shape index (κ2) is 6.13. The third kappa shape index (κ3) is 3.72. The zero-order valence-corrected chi connectivity index (χ0v) is 12.9. The summed E-state index contributed by atoms with van der Waals surface area (Å²) in [6.07, 6.45) is 11.5. The monoisotopic (exact) mass is 264 g/mol. The molecule has 0 bridgehead atoms. The second-order valence-corrected chi connectivity index (χ2v) is 7.58. The lowest BCUT2D eigenvalue weighted by molar-refractivity contribution is 0.162. The van der Waals surface area contributed by atoms with E-state index in [1.54, 1.807) is 0 Å². The summed E-state index contributed by atoms with van der Waals surface area (Å²) in [6, 6.07) is 2.60. The van der Waals surface area contributed by atoms with Crippen molar-refractivity contribution in [2.45, 2.75) is 83.3 Å². The maximum Gasteiger partial charge on any atom is 0.00964 e. The highest BCUT2D eigenvalue weighted by atomic mass is 15.2. The van der Waals surface area contributed by atoms with E-state index >= 15 is 0 Å². The lowest BCUT2D eigenvalue weighted by Gasteiger charge is -2.38. The molecule has 0 aromatic heterocycles. The first-order valence-corrected chi connectivity index (χ1v) is 8.72. The molecule has 0 aromatic carbocycles. The van der Waals surface area contributed by atoms with Crippen molar-refractivity contribution in [2.24, 2.45) is 11.8 Å². The highest BCUT2D eigenvalue weighted by Gasteiger charge is 2.33. The number of hydrogen-bond donors (Lipinski definition) is 1. The molecule has 3 rings (SSSR count). The molecule has 0 amide bonds. The Hall–Kier alpha value is -0.0800. The molecular formula is C17H32N2. The molecule has 2 atom stereocenters. The highest BCUT2D eigenvalue weighted by Crippen LogP contribution is 2.32. The van der Waals surface area contributed by atoms with Crippen LogP contribution in [0.3, 0.4) is 0 Å². The Morgan fingerprint density at radius 1 is 0.895 bits per heavy atom. The summed E-state index contributed by atoms with van der Waals surface area (Å²) >= 11 is 0. The van der Waals surface area contributed by atoms with Gasteiger partial charge in [0.25, 0.3) is 0 Å². The molecule has 2 heteroatoms. The van der Waals surface area contributed by atoms with Crippen LogP contribution in [0, 0.1) is 11.8 Å². The van der Waals surface area contributed by atoms with E-state index < -0.39 is 0 Å². The van der Waals surface area contributed by atoms with Gasteiger partial charge in [-0.3, -0.25) is 0 Å². The van der Waals surface area contributed by atoms with Gasteiger partial charge >= 0.3 is 0 Å². The molecule has 2 aliphatic carbocycles. The van der Waals surface area contributed by atoms with Gasteiger partial charge in [0, 0.05) is 18.1 Å². The van der Waals surface area contributed by atoms with Gasteiger partial charge < -0.3 is 10.2 Å². The van der Waals surface area contributed by atoms with Crippen molar-refractivity contribution < 1.29 is 0 Å². The summed E-state index contributed by atoms with van der Waals surface area (Å²) in [5.41, 5.74) is 0.